The largest absolute Gasteiger partial charge is 0.496 e. The van der Waals surface area contributed by atoms with E-state index in [-0.39, 0.29) is 17.7 Å². The average Bonchev–Trinajstić information content (AvgIpc) is 2.80. The van der Waals surface area contributed by atoms with Gasteiger partial charge in [0.25, 0.3) is 5.91 Å². The highest BCUT2D eigenvalue weighted by Crippen LogP contribution is 2.29. The van der Waals surface area contributed by atoms with Crippen LogP contribution in [0.2, 0.25) is 0 Å². The summed E-state index contributed by atoms with van der Waals surface area (Å²) in [4.78, 5) is 25.9. The number of halogens is 1. The van der Waals surface area contributed by atoms with E-state index in [1.54, 1.807) is 18.2 Å². The lowest BCUT2D eigenvalue weighted by atomic mass is 9.95. The highest BCUT2D eigenvalue weighted by Gasteiger charge is 2.36. The van der Waals surface area contributed by atoms with Crippen molar-refractivity contribution >= 4 is 27.7 Å². The minimum absolute atomic E-state index is 0.0985. The molecule has 0 radical (unpaired) electrons. The summed E-state index contributed by atoms with van der Waals surface area (Å²) in [6.07, 6.45) is 0.447. The predicted molar refractivity (Wildman–Crippen MR) is 79.7 cm³/mol. The van der Waals surface area contributed by atoms with E-state index in [1.807, 2.05) is 0 Å². The van der Waals surface area contributed by atoms with Crippen LogP contribution in [0.15, 0.2) is 22.7 Å². The third-order valence-corrected chi connectivity index (χ3v) is 4.23. The number of hydrogen-bond acceptors (Lipinski definition) is 3. The van der Waals surface area contributed by atoms with E-state index in [0.29, 0.717) is 30.2 Å². The molecule has 0 saturated carbocycles. The number of amides is 2. The Hall–Kier alpha value is -1.36. The molecule has 5 heteroatoms. The van der Waals surface area contributed by atoms with Gasteiger partial charge in [0, 0.05) is 17.4 Å². The second kappa shape index (κ2) is 5.95. The molecule has 1 unspecified atom stereocenters. The maximum absolute atomic E-state index is 12.5. The van der Waals surface area contributed by atoms with E-state index in [1.165, 1.54) is 12.0 Å². The van der Waals surface area contributed by atoms with Crippen LogP contribution in [-0.4, -0.2) is 30.4 Å². The highest BCUT2D eigenvalue weighted by molar-refractivity contribution is 9.10. The first-order valence-corrected chi connectivity index (χ1v) is 7.41. The molecule has 0 aromatic heterocycles. The highest BCUT2D eigenvalue weighted by atomic mass is 79.9. The summed E-state index contributed by atoms with van der Waals surface area (Å²) in [5, 5.41) is 0. The van der Waals surface area contributed by atoms with Gasteiger partial charge in [-0.05, 0) is 30.0 Å². The van der Waals surface area contributed by atoms with Crippen molar-refractivity contribution in [3.63, 3.8) is 0 Å². The third-order valence-electron chi connectivity index (χ3n) is 3.74. The van der Waals surface area contributed by atoms with Crippen molar-refractivity contribution in [1.29, 1.82) is 0 Å². The molecular formula is C15H18BrNO3. The summed E-state index contributed by atoms with van der Waals surface area (Å²) in [5.74, 6) is 0.739. The standard InChI is InChI=1S/C15H18BrNO3/c1-9(2)10-6-14(18)17(8-10)15(19)12-5-4-11(16)7-13(12)20-3/h4-5,7,9-10H,6,8H2,1-3H3. The molecule has 0 N–H and O–H groups in total. The Kier molecular flexibility index (Phi) is 4.48. The number of likely N-dealkylation sites (tertiary alicyclic amines) is 1. The lowest BCUT2D eigenvalue weighted by molar-refractivity contribution is -0.125. The molecular weight excluding hydrogens is 322 g/mol. The van der Waals surface area contributed by atoms with Crippen molar-refractivity contribution in [3.05, 3.63) is 28.2 Å². The molecule has 2 amide bonds. The molecule has 4 nitrogen and oxygen atoms in total. The van der Waals surface area contributed by atoms with E-state index in [0.717, 1.165) is 4.47 Å². The van der Waals surface area contributed by atoms with Gasteiger partial charge in [-0.15, -0.1) is 0 Å². The molecule has 1 aliphatic rings. The van der Waals surface area contributed by atoms with Crippen molar-refractivity contribution < 1.29 is 14.3 Å². The van der Waals surface area contributed by atoms with E-state index in [9.17, 15) is 9.59 Å². The minimum atomic E-state index is -0.275. The molecule has 2 rings (SSSR count). The Morgan fingerprint density at radius 3 is 2.70 bits per heavy atom. The smallest absolute Gasteiger partial charge is 0.264 e. The van der Waals surface area contributed by atoms with E-state index in [2.05, 4.69) is 29.8 Å². The molecule has 1 fully saturated rings. The molecule has 0 bridgehead atoms. The molecule has 1 aromatic carbocycles. The SMILES string of the molecule is COc1cc(Br)ccc1C(=O)N1CC(C(C)C)CC1=O. The first-order chi connectivity index (χ1) is 9.43. The molecule has 0 spiro atoms. The number of benzene rings is 1. The van der Waals surface area contributed by atoms with Gasteiger partial charge in [-0.3, -0.25) is 14.5 Å². The summed E-state index contributed by atoms with van der Waals surface area (Å²) in [6.45, 7) is 4.65. The number of rotatable bonds is 3. The van der Waals surface area contributed by atoms with Gasteiger partial charge in [-0.1, -0.05) is 29.8 Å². The van der Waals surface area contributed by atoms with Crippen molar-refractivity contribution in [2.45, 2.75) is 20.3 Å². The maximum Gasteiger partial charge on any atom is 0.264 e. The molecule has 0 aliphatic carbocycles. The molecule has 1 aromatic rings. The van der Waals surface area contributed by atoms with E-state index in [4.69, 9.17) is 4.74 Å². The van der Waals surface area contributed by atoms with Crippen LogP contribution in [-0.2, 0) is 4.79 Å². The third kappa shape index (κ3) is 2.87. The zero-order valence-electron chi connectivity index (χ0n) is 11.9. The van der Waals surface area contributed by atoms with Gasteiger partial charge in [-0.25, -0.2) is 0 Å². The number of carbonyl (C=O) groups is 2. The lowest BCUT2D eigenvalue weighted by Crippen LogP contribution is -2.33. The van der Waals surface area contributed by atoms with Gasteiger partial charge in [0.15, 0.2) is 0 Å². The van der Waals surface area contributed by atoms with Crippen molar-refractivity contribution in [3.8, 4) is 5.75 Å². The molecule has 20 heavy (non-hydrogen) atoms. The fourth-order valence-corrected chi connectivity index (χ4v) is 2.71. The number of carbonyl (C=O) groups excluding carboxylic acids is 2. The first-order valence-electron chi connectivity index (χ1n) is 6.62. The number of imide groups is 1. The fraction of sp³-hybridized carbons (Fsp3) is 0.467. The van der Waals surface area contributed by atoms with Crippen LogP contribution >= 0.6 is 15.9 Å². The molecule has 1 heterocycles. The quantitative estimate of drug-likeness (QED) is 0.795. The molecule has 1 saturated heterocycles. The Labute approximate surface area is 127 Å². The van der Waals surface area contributed by atoms with Gasteiger partial charge < -0.3 is 4.74 Å². The van der Waals surface area contributed by atoms with Crippen LogP contribution in [0.25, 0.3) is 0 Å². The van der Waals surface area contributed by atoms with Gasteiger partial charge >= 0.3 is 0 Å². The van der Waals surface area contributed by atoms with Crippen LogP contribution < -0.4 is 4.74 Å². The Bertz CT molecular complexity index is 542. The normalized spacial score (nSPS) is 18.8. The monoisotopic (exact) mass is 339 g/mol. The van der Waals surface area contributed by atoms with Crippen molar-refractivity contribution in [1.82, 2.24) is 4.90 Å². The zero-order valence-corrected chi connectivity index (χ0v) is 13.4. The second-order valence-corrected chi connectivity index (χ2v) is 6.28. The Morgan fingerprint density at radius 1 is 1.45 bits per heavy atom. The summed E-state index contributed by atoms with van der Waals surface area (Å²) in [6, 6.07) is 5.19. The van der Waals surface area contributed by atoms with Gasteiger partial charge in [0.1, 0.15) is 5.75 Å². The van der Waals surface area contributed by atoms with Crippen LogP contribution in [0.5, 0.6) is 5.75 Å². The Morgan fingerprint density at radius 2 is 2.15 bits per heavy atom. The minimum Gasteiger partial charge on any atom is -0.496 e. The number of hydrogen-bond donors (Lipinski definition) is 0. The summed E-state index contributed by atoms with van der Waals surface area (Å²) in [7, 11) is 1.52. The summed E-state index contributed by atoms with van der Waals surface area (Å²) < 4.78 is 6.06. The zero-order chi connectivity index (χ0) is 14.9. The first kappa shape index (κ1) is 15.0. The van der Waals surface area contributed by atoms with Gasteiger partial charge in [0.05, 0.1) is 12.7 Å². The number of methoxy groups -OCH3 is 1. The Balaban J connectivity index is 2.26. The van der Waals surface area contributed by atoms with Crippen LogP contribution in [0.1, 0.15) is 30.6 Å². The van der Waals surface area contributed by atoms with E-state index >= 15 is 0 Å². The second-order valence-electron chi connectivity index (χ2n) is 5.36. The van der Waals surface area contributed by atoms with Crippen LogP contribution in [0.4, 0.5) is 0 Å². The van der Waals surface area contributed by atoms with Crippen molar-refractivity contribution in [2.75, 3.05) is 13.7 Å². The summed E-state index contributed by atoms with van der Waals surface area (Å²) >= 11 is 3.34. The van der Waals surface area contributed by atoms with Crippen molar-refractivity contribution in [2.24, 2.45) is 11.8 Å². The number of nitrogens with zero attached hydrogens (tertiary/aromatic N) is 1. The molecule has 1 atom stereocenters. The fourth-order valence-electron chi connectivity index (χ4n) is 2.37. The van der Waals surface area contributed by atoms with Crippen LogP contribution in [0.3, 0.4) is 0 Å². The van der Waals surface area contributed by atoms with E-state index < -0.39 is 0 Å². The topological polar surface area (TPSA) is 46.6 Å². The lowest BCUT2D eigenvalue weighted by Gasteiger charge is -2.18. The number of ether oxygens (including phenoxy) is 1. The van der Waals surface area contributed by atoms with Gasteiger partial charge in [-0.2, -0.15) is 0 Å². The summed E-state index contributed by atoms with van der Waals surface area (Å²) in [5.41, 5.74) is 0.424. The molecule has 1 aliphatic heterocycles. The molecule has 108 valence electrons. The van der Waals surface area contributed by atoms with Crippen LogP contribution in [0, 0.1) is 11.8 Å². The van der Waals surface area contributed by atoms with Gasteiger partial charge in [0.2, 0.25) is 5.91 Å². The predicted octanol–water partition coefficient (Wildman–Crippen LogP) is 3.10. The maximum atomic E-state index is 12.5. The average molecular weight is 340 g/mol.